The standard InChI is InChI=1S/C15H16N2OS2/c1-11-10-19-8-7-17(11)15-16-14(13(9-18)20-15)12-5-3-2-4-6-12/h2-6,9,11H,7-8,10H2,1H3. The summed E-state index contributed by atoms with van der Waals surface area (Å²) in [5.41, 5.74) is 1.82. The molecule has 20 heavy (non-hydrogen) atoms. The Hall–Kier alpha value is -1.33. The Bertz CT molecular complexity index is 597. The highest BCUT2D eigenvalue weighted by atomic mass is 32.2. The van der Waals surface area contributed by atoms with Gasteiger partial charge >= 0.3 is 0 Å². The molecule has 0 bridgehead atoms. The van der Waals surface area contributed by atoms with Crippen LogP contribution < -0.4 is 4.90 Å². The van der Waals surface area contributed by atoms with Crippen LogP contribution in [-0.2, 0) is 0 Å². The molecule has 2 heterocycles. The number of hydrogen-bond donors (Lipinski definition) is 0. The number of rotatable bonds is 3. The van der Waals surface area contributed by atoms with E-state index in [2.05, 4.69) is 11.8 Å². The maximum Gasteiger partial charge on any atom is 0.186 e. The van der Waals surface area contributed by atoms with E-state index < -0.39 is 0 Å². The van der Waals surface area contributed by atoms with Crippen molar-refractivity contribution in [2.75, 3.05) is 23.0 Å². The summed E-state index contributed by atoms with van der Waals surface area (Å²) in [7, 11) is 0. The third-order valence-corrected chi connectivity index (χ3v) is 5.62. The zero-order valence-corrected chi connectivity index (χ0v) is 12.9. The molecule has 3 rings (SSSR count). The van der Waals surface area contributed by atoms with Crippen molar-refractivity contribution in [3.8, 4) is 11.3 Å². The summed E-state index contributed by atoms with van der Waals surface area (Å²) >= 11 is 3.48. The van der Waals surface area contributed by atoms with Crippen LogP contribution >= 0.6 is 23.1 Å². The van der Waals surface area contributed by atoms with E-state index in [9.17, 15) is 4.79 Å². The van der Waals surface area contributed by atoms with Crippen molar-refractivity contribution < 1.29 is 4.79 Å². The first kappa shape index (κ1) is 13.6. The molecule has 1 aromatic heterocycles. The van der Waals surface area contributed by atoms with Crippen LogP contribution in [-0.4, -0.2) is 35.4 Å². The molecule has 0 amide bonds. The minimum atomic E-state index is 0.475. The molecule has 0 spiro atoms. The molecule has 3 nitrogen and oxygen atoms in total. The van der Waals surface area contributed by atoms with Gasteiger partial charge in [-0.3, -0.25) is 4.79 Å². The van der Waals surface area contributed by atoms with Crippen LogP contribution in [0.1, 0.15) is 16.6 Å². The number of benzene rings is 1. The quantitative estimate of drug-likeness (QED) is 0.812. The lowest BCUT2D eigenvalue weighted by atomic mass is 10.1. The minimum Gasteiger partial charge on any atom is -0.344 e. The lowest BCUT2D eigenvalue weighted by molar-refractivity contribution is 0.112. The van der Waals surface area contributed by atoms with Crippen molar-refractivity contribution in [3.63, 3.8) is 0 Å². The third kappa shape index (κ3) is 2.60. The number of anilines is 1. The Morgan fingerprint density at radius 3 is 2.85 bits per heavy atom. The minimum absolute atomic E-state index is 0.475. The first-order chi connectivity index (χ1) is 9.79. The molecular formula is C15H16N2OS2. The highest BCUT2D eigenvalue weighted by Gasteiger charge is 2.23. The summed E-state index contributed by atoms with van der Waals surface area (Å²) < 4.78 is 0. The molecule has 0 N–H and O–H groups in total. The summed E-state index contributed by atoms with van der Waals surface area (Å²) in [5.74, 6) is 2.25. The van der Waals surface area contributed by atoms with Crippen LogP contribution in [0.15, 0.2) is 30.3 Å². The summed E-state index contributed by atoms with van der Waals surface area (Å²) in [6.45, 7) is 3.22. The van der Waals surface area contributed by atoms with Gasteiger partial charge < -0.3 is 4.90 Å². The van der Waals surface area contributed by atoms with E-state index in [1.165, 1.54) is 11.3 Å². The molecule has 0 radical (unpaired) electrons. The van der Waals surface area contributed by atoms with Crippen LogP contribution in [0.25, 0.3) is 11.3 Å². The van der Waals surface area contributed by atoms with E-state index in [1.54, 1.807) is 0 Å². The van der Waals surface area contributed by atoms with E-state index in [-0.39, 0.29) is 0 Å². The second kappa shape index (κ2) is 5.97. The monoisotopic (exact) mass is 304 g/mol. The van der Waals surface area contributed by atoms with Crippen LogP contribution in [0.3, 0.4) is 0 Å². The Morgan fingerprint density at radius 2 is 2.15 bits per heavy atom. The summed E-state index contributed by atoms with van der Waals surface area (Å²) in [6.07, 6.45) is 0.923. The maximum absolute atomic E-state index is 11.3. The van der Waals surface area contributed by atoms with Crippen molar-refractivity contribution in [2.24, 2.45) is 0 Å². The summed E-state index contributed by atoms with van der Waals surface area (Å²) in [6, 6.07) is 10.4. The van der Waals surface area contributed by atoms with Gasteiger partial charge in [0.05, 0.1) is 10.6 Å². The molecule has 1 aliphatic heterocycles. The van der Waals surface area contributed by atoms with Gasteiger partial charge in [-0.25, -0.2) is 4.98 Å². The molecule has 5 heteroatoms. The normalized spacial score (nSPS) is 19.1. The fraction of sp³-hybridized carbons (Fsp3) is 0.333. The number of carbonyl (C=O) groups excluding carboxylic acids is 1. The highest BCUT2D eigenvalue weighted by Crippen LogP contribution is 2.34. The summed E-state index contributed by atoms with van der Waals surface area (Å²) in [5, 5.41) is 0.971. The Kier molecular flexibility index (Phi) is 4.08. The number of aromatic nitrogens is 1. The molecule has 1 fully saturated rings. The van der Waals surface area contributed by atoms with Gasteiger partial charge in [-0.15, -0.1) is 0 Å². The van der Waals surface area contributed by atoms with Gasteiger partial charge in [0.2, 0.25) is 0 Å². The third-order valence-electron chi connectivity index (χ3n) is 3.41. The zero-order chi connectivity index (χ0) is 13.9. The Balaban J connectivity index is 1.98. The smallest absolute Gasteiger partial charge is 0.186 e. The van der Waals surface area contributed by atoms with E-state index in [0.717, 1.165) is 45.6 Å². The number of thiazole rings is 1. The molecule has 0 aliphatic carbocycles. The van der Waals surface area contributed by atoms with E-state index in [1.807, 2.05) is 42.1 Å². The van der Waals surface area contributed by atoms with Crippen molar-refractivity contribution >= 4 is 34.5 Å². The Morgan fingerprint density at radius 1 is 1.35 bits per heavy atom. The van der Waals surface area contributed by atoms with E-state index in [0.29, 0.717) is 6.04 Å². The predicted molar refractivity (Wildman–Crippen MR) is 87.1 cm³/mol. The van der Waals surface area contributed by atoms with Crippen molar-refractivity contribution in [1.82, 2.24) is 4.98 Å². The number of aldehydes is 1. The van der Waals surface area contributed by atoms with Crippen LogP contribution in [0, 0.1) is 0 Å². The van der Waals surface area contributed by atoms with Crippen LogP contribution in [0.5, 0.6) is 0 Å². The molecule has 1 atom stereocenters. The van der Waals surface area contributed by atoms with E-state index >= 15 is 0 Å². The lowest BCUT2D eigenvalue weighted by Crippen LogP contribution is -2.40. The van der Waals surface area contributed by atoms with Gasteiger partial charge in [0, 0.05) is 29.7 Å². The molecule has 1 aliphatic rings. The zero-order valence-electron chi connectivity index (χ0n) is 11.3. The van der Waals surface area contributed by atoms with Gasteiger partial charge in [0.25, 0.3) is 0 Å². The van der Waals surface area contributed by atoms with Crippen molar-refractivity contribution in [1.29, 1.82) is 0 Å². The predicted octanol–water partition coefficient (Wildman–Crippen LogP) is 3.56. The molecule has 2 aromatic rings. The first-order valence-electron chi connectivity index (χ1n) is 6.65. The SMILES string of the molecule is CC1CSCCN1c1nc(-c2ccccc2)c(C=O)s1. The average Bonchev–Trinajstić information content (AvgIpc) is 2.92. The van der Waals surface area contributed by atoms with Crippen LogP contribution in [0.2, 0.25) is 0 Å². The van der Waals surface area contributed by atoms with E-state index in [4.69, 9.17) is 4.98 Å². The number of nitrogens with zero attached hydrogens (tertiary/aromatic N) is 2. The fourth-order valence-corrected chi connectivity index (χ4v) is 4.38. The number of hydrogen-bond acceptors (Lipinski definition) is 5. The molecule has 1 unspecified atom stereocenters. The maximum atomic E-state index is 11.3. The summed E-state index contributed by atoms with van der Waals surface area (Å²) in [4.78, 5) is 19.1. The molecule has 1 aromatic carbocycles. The van der Waals surface area contributed by atoms with Gasteiger partial charge in [-0.2, -0.15) is 11.8 Å². The van der Waals surface area contributed by atoms with Crippen molar-refractivity contribution in [3.05, 3.63) is 35.2 Å². The highest BCUT2D eigenvalue weighted by molar-refractivity contribution is 7.99. The van der Waals surface area contributed by atoms with Gasteiger partial charge in [0.1, 0.15) is 0 Å². The van der Waals surface area contributed by atoms with Gasteiger partial charge in [-0.05, 0) is 6.92 Å². The van der Waals surface area contributed by atoms with Crippen LogP contribution in [0.4, 0.5) is 5.13 Å². The second-order valence-electron chi connectivity index (χ2n) is 4.81. The van der Waals surface area contributed by atoms with Gasteiger partial charge in [0.15, 0.2) is 11.4 Å². The molecule has 0 saturated carbocycles. The number of carbonyl (C=O) groups is 1. The van der Waals surface area contributed by atoms with Gasteiger partial charge in [-0.1, -0.05) is 41.7 Å². The lowest BCUT2D eigenvalue weighted by Gasteiger charge is -2.32. The molecule has 1 saturated heterocycles. The molecule has 104 valence electrons. The topological polar surface area (TPSA) is 33.2 Å². The average molecular weight is 304 g/mol. The fourth-order valence-electron chi connectivity index (χ4n) is 2.34. The molecular weight excluding hydrogens is 288 g/mol. The Labute approximate surface area is 127 Å². The second-order valence-corrected chi connectivity index (χ2v) is 6.97. The largest absolute Gasteiger partial charge is 0.344 e. The number of thioether (sulfide) groups is 1. The van der Waals surface area contributed by atoms with Crippen molar-refractivity contribution in [2.45, 2.75) is 13.0 Å². The first-order valence-corrected chi connectivity index (χ1v) is 8.62.